The Balaban J connectivity index is 0.000000277. The lowest BCUT2D eigenvalue weighted by atomic mass is 10.0. The van der Waals surface area contributed by atoms with E-state index in [1.807, 2.05) is 24.5 Å². The first-order valence-corrected chi connectivity index (χ1v) is 8.48. The van der Waals surface area contributed by atoms with Gasteiger partial charge in [-0.2, -0.15) is 0 Å². The summed E-state index contributed by atoms with van der Waals surface area (Å²) < 4.78 is 9.03. The summed E-state index contributed by atoms with van der Waals surface area (Å²) in [4.78, 5) is 23.8. The molecular weight excluding hydrogens is 358 g/mol. The van der Waals surface area contributed by atoms with Crippen molar-refractivity contribution in [3.05, 3.63) is 78.1 Å². The van der Waals surface area contributed by atoms with Crippen LogP contribution in [0.4, 0.5) is 0 Å². The van der Waals surface area contributed by atoms with Gasteiger partial charge in [0.05, 0.1) is 0 Å². The number of pyridine rings is 1. The smallest absolute Gasteiger partial charge is 0.298 e. The zero-order valence-corrected chi connectivity index (χ0v) is 15.8. The molecular formula is C22H23NO5. The van der Waals surface area contributed by atoms with Gasteiger partial charge in [0, 0.05) is 12.4 Å². The Morgan fingerprint density at radius 3 is 1.82 bits per heavy atom. The van der Waals surface area contributed by atoms with Gasteiger partial charge in [0.2, 0.25) is 0 Å². The number of rotatable bonds is 6. The molecule has 0 aliphatic carbocycles. The van der Waals surface area contributed by atoms with Crippen molar-refractivity contribution >= 4 is 12.9 Å². The summed E-state index contributed by atoms with van der Waals surface area (Å²) >= 11 is 0. The van der Waals surface area contributed by atoms with Crippen molar-refractivity contribution in [2.45, 2.75) is 20.3 Å². The summed E-state index contributed by atoms with van der Waals surface area (Å²) in [5, 5.41) is 0. The molecule has 3 rings (SSSR count). The topological polar surface area (TPSA) is 97.0 Å². The number of aromatic nitrogens is 1. The first kappa shape index (κ1) is 22.5. The number of hydrogen-bond acceptors (Lipinski definition) is 5. The van der Waals surface area contributed by atoms with Gasteiger partial charge in [-0.05, 0) is 66.4 Å². The van der Waals surface area contributed by atoms with Crippen molar-refractivity contribution in [2.24, 2.45) is 0 Å². The molecule has 0 fully saturated rings. The fourth-order valence-electron chi connectivity index (χ4n) is 2.49. The second-order valence-corrected chi connectivity index (χ2v) is 5.70. The molecule has 3 aromatic rings. The minimum atomic E-state index is 0. The molecule has 1 aromatic heterocycles. The molecule has 6 heteroatoms. The average molecular weight is 381 g/mol. The summed E-state index contributed by atoms with van der Waals surface area (Å²) in [6.45, 7) is 4.99. The second-order valence-electron chi connectivity index (χ2n) is 5.70. The molecule has 0 bridgehead atoms. The minimum absolute atomic E-state index is 0. The summed E-state index contributed by atoms with van der Waals surface area (Å²) in [5.74, 6) is 0.812. The van der Waals surface area contributed by atoms with Crippen LogP contribution in [0.2, 0.25) is 0 Å². The monoisotopic (exact) mass is 381 g/mol. The lowest BCUT2D eigenvalue weighted by Gasteiger charge is -2.06. The van der Waals surface area contributed by atoms with Crippen molar-refractivity contribution in [1.82, 2.24) is 4.98 Å². The van der Waals surface area contributed by atoms with Crippen LogP contribution in [-0.2, 0) is 16.0 Å². The van der Waals surface area contributed by atoms with Crippen LogP contribution in [0.5, 0.6) is 11.5 Å². The first-order valence-electron chi connectivity index (χ1n) is 8.48. The zero-order valence-electron chi connectivity index (χ0n) is 15.8. The third kappa shape index (κ3) is 7.01. The molecule has 0 saturated carbocycles. The number of benzene rings is 2. The highest BCUT2D eigenvalue weighted by molar-refractivity contribution is 5.64. The zero-order chi connectivity index (χ0) is 19.5. The Kier molecular flexibility index (Phi) is 9.64. The average Bonchev–Trinajstić information content (AvgIpc) is 2.70. The van der Waals surface area contributed by atoms with Crippen molar-refractivity contribution < 1.29 is 24.5 Å². The molecule has 0 radical (unpaired) electrons. The van der Waals surface area contributed by atoms with Crippen molar-refractivity contribution in [3.63, 3.8) is 0 Å². The van der Waals surface area contributed by atoms with Gasteiger partial charge in [0.1, 0.15) is 11.5 Å². The summed E-state index contributed by atoms with van der Waals surface area (Å²) in [5.41, 5.74) is 5.24. The van der Waals surface area contributed by atoms with Crippen LogP contribution in [0, 0.1) is 6.92 Å². The van der Waals surface area contributed by atoms with Crippen LogP contribution >= 0.6 is 0 Å². The summed E-state index contributed by atoms with van der Waals surface area (Å²) in [6, 6.07) is 16.9. The highest BCUT2D eigenvalue weighted by atomic mass is 16.5. The van der Waals surface area contributed by atoms with E-state index in [4.69, 9.17) is 0 Å². The van der Waals surface area contributed by atoms with Crippen LogP contribution in [0.1, 0.15) is 18.1 Å². The number of hydrogen-bond donors (Lipinski definition) is 0. The van der Waals surface area contributed by atoms with Crippen LogP contribution in [0.25, 0.3) is 11.1 Å². The second kappa shape index (κ2) is 12.0. The molecule has 2 N–H and O–H groups in total. The third-order valence-electron chi connectivity index (χ3n) is 3.75. The maximum Gasteiger partial charge on any atom is 0.298 e. The molecule has 0 aliphatic heterocycles. The Morgan fingerprint density at radius 1 is 0.821 bits per heavy atom. The molecule has 0 atom stereocenters. The molecule has 146 valence electrons. The van der Waals surface area contributed by atoms with Gasteiger partial charge in [-0.25, -0.2) is 0 Å². The number of ether oxygens (including phenoxy) is 2. The molecule has 0 saturated heterocycles. The highest BCUT2D eigenvalue weighted by Gasteiger charge is 1.99. The molecule has 0 spiro atoms. The predicted molar refractivity (Wildman–Crippen MR) is 107 cm³/mol. The molecule has 6 nitrogen and oxygen atoms in total. The Hall–Kier alpha value is -3.51. The largest absolute Gasteiger partial charge is 0.429 e. The van der Waals surface area contributed by atoms with Crippen molar-refractivity contribution in [1.29, 1.82) is 0 Å². The van der Waals surface area contributed by atoms with Gasteiger partial charge >= 0.3 is 0 Å². The van der Waals surface area contributed by atoms with Gasteiger partial charge in [-0.1, -0.05) is 30.7 Å². The van der Waals surface area contributed by atoms with E-state index in [1.54, 1.807) is 0 Å². The van der Waals surface area contributed by atoms with E-state index in [0.717, 1.165) is 6.42 Å². The van der Waals surface area contributed by atoms with E-state index in [0.29, 0.717) is 24.4 Å². The quantitative estimate of drug-likeness (QED) is 0.608. The van der Waals surface area contributed by atoms with Gasteiger partial charge in [-0.3, -0.25) is 14.6 Å². The third-order valence-corrected chi connectivity index (χ3v) is 3.75. The van der Waals surface area contributed by atoms with E-state index in [-0.39, 0.29) is 5.48 Å². The maximum atomic E-state index is 9.88. The van der Waals surface area contributed by atoms with E-state index in [9.17, 15) is 9.59 Å². The fourth-order valence-corrected chi connectivity index (χ4v) is 2.49. The number of nitrogens with zero attached hydrogens (tertiary/aromatic N) is 1. The Bertz CT molecular complexity index is 835. The molecule has 0 aliphatic rings. The summed E-state index contributed by atoms with van der Waals surface area (Å²) in [6.07, 6.45) is 4.76. The molecule has 2 aromatic carbocycles. The van der Waals surface area contributed by atoms with E-state index in [2.05, 4.69) is 46.5 Å². The standard InChI is InChI=1S/C14H15N.C8H6O4.H2O/c1-3-12-8-11(2)9-14(10-12)13-4-6-15-7-5-13;9-5-11-7-1-2-8(4-3-7)12-6-10;/h4-10H,3H2,1-2H3;1-6H;1H2. The minimum Gasteiger partial charge on any atom is -0.429 e. The number of carbonyl (C=O) groups is 2. The molecule has 28 heavy (non-hydrogen) atoms. The normalized spacial score (nSPS) is 9.21. The SMILES string of the molecule is CCc1cc(C)cc(-c2ccncc2)c1.O.O=COc1ccc(OC=O)cc1. The van der Waals surface area contributed by atoms with Crippen LogP contribution in [-0.4, -0.2) is 23.4 Å². The number of aryl methyl sites for hydroxylation is 2. The number of carbonyl (C=O) groups excluding carboxylic acids is 2. The molecule has 0 unspecified atom stereocenters. The van der Waals surface area contributed by atoms with Crippen molar-refractivity contribution in [2.75, 3.05) is 0 Å². The van der Waals surface area contributed by atoms with E-state index >= 15 is 0 Å². The van der Waals surface area contributed by atoms with Gasteiger partial charge in [0.15, 0.2) is 0 Å². The van der Waals surface area contributed by atoms with Gasteiger partial charge < -0.3 is 14.9 Å². The van der Waals surface area contributed by atoms with Crippen LogP contribution < -0.4 is 9.47 Å². The van der Waals surface area contributed by atoms with Crippen LogP contribution in [0.15, 0.2) is 67.0 Å². The Morgan fingerprint density at radius 2 is 1.36 bits per heavy atom. The highest BCUT2D eigenvalue weighted by Crippen LogP contribution is 2.21. The van der Waals surface area contributed by atoms with E-state index in [1.165, 1.54) is 46.5 Å². The molecule has 1 heterocycles. The van der Waals surface area contributed by atoms with Crippen LogP contribution in [0.3, 0.4) is 0 Å². The molecule has 0 amide bonds. The van der Waals surface area contributed by atoms with E-state index < -0.39 is 0 Å². The Labute approximate surface area is 164 Å². The predicted octanol–water partition coefficient (Wildman–Crippen LogP) is 3.55. The lowest BCUT2D eigenvalue weighted by Crippen LogP contribution is -1.90. The summed E-state index contributed by atoms with van der Waals surface area (Å²) in [7, 11) is 0. The fraction of sp³-hybridized carbons (Fsp3) is 0.136. The van der Waals surface area contributed by atoms with Gasteiger partial charge in [0.25, 0.3) is 12.9 Å². The maximum absolute atomic E-state index is 9.88. The first-order chi connectivity index (χ1) is 13.2. The van der Waals surface area contributed by atoms with Gasteiger partial charge in [-0.15, -0.1) is 0 Å². The van der Waals surface area contributed by atoms with Crippen molar-refractivity contribution in [3.8, 4) is 22.6 Å². The lowest BCUT2D eigenvalue weighted by molar-refractivity contribution is -0.121.